The highest BCUT2D eigenvalue weighted by atomic mass is 127. The monoisotopic (exact) mass is 359 g/mol. The Morgan fingerprint density at radius 3 is 1.74 bits per heavy atom. The van der Waals surface area contributed by atoms with E-state index in [-0.39, 0.29) is 0 Å². The molecule has 0 spiro atoms. The molecule has 3 aromatic rings. The van der Waals surface area contributed by atoms with E-state index in [2.05, 4.69) is 37.8 Å². The van der Waals surface area contributed by atoms with Gasteiger partial charge in [-0.3, -0.25) is 0 Å². The molecule has 2 aromatic carbocycles. The standard InChI is InChI=1S/C15H10IN3/c16-15-17-13(11-7-3-1-4-8-11)14(18-19-15)12-9-5-2-6-10-12/h1-10H. The summed E-state index contributed by atoms with van der Waals surface area (Å²) in [6.45, 7) is 0. The van der Waals surface area contributed by atoms with Crippen molar-refractivity contribution in [1.82, 2.24) is 15.2 Å². The number of aromatic nitrogens is 3. The van der Waals surface area contributed by atoms with Crippen LogP contribution in [0.25, 0.3) is 22.5 Å². The van der Waals surface area contributed by atoms with Crippen molar-refractivity contribution in [2.24, 2.45) is 0 Å². The van der Waals surface area contributed by atoms with Gasteiger partial charge in [0.2, 0.25) is 3.83 Å². The molecule has 0 N–H and O–H groups in total. The van der Waals surface area contributed by atoms with Gasteiger partial charge in [-0.15, -0.1) is 10.2 Å². The minimum absolute atomic E-state index is 0.649. The van der Waals surface area contributed by atoms with Crippen LogP contribution in [0, 0.1) is 3.83 Å². The van der Waals surface area contributed by atoms with Crippen molar-refractivity contribution in [3.8, 4) is 22.5 Å². The van der Waals surface area contributed by atoms with Crippen molar-refractivity contribution >= 4 is 22.6 Å². The fraction of sp³-hybridized carbons (Fsp3) is 0. The highest BCUT2D eigenvalue weighted by Gasteiger charge is 2.11. The lowest BCUT2D eigenvalue weighted by Crippen LogP contribution is -1.99. The van der Waals surface area contributed by atoms with Gasteiger partial charge in [-0.2, -0.15) is 0 Å². The Morgan fingerprint density at radius 1 is 0.632 bits per heavy atom. The summed E-state index contributed by atoms with van der Waals surface area (Å²) in [6, 6.07) is 20.1. The summed E-state index contributed by atoms with van der Waals surface area (Å²) in [5.41, 5.74) is 3.75. The maximum atomic E-state index is 4.53. The lowest BCUT2D eigenvalue weighted by atomic mass is 10.0. The lowest BCUT2D eigenvalue weighted by Gasteiger charge is -2.07. The SMILES string of the molecule is Ic1nnc(-c2ccccc2)c(-c2ccccc2)n1. The van der Waals surface area contributed by atoms with Crippen molar-refractivity contribution in [2.45, 2.75) is 0 Å². The number of rotatable bonds is 2. The van der Waals surface area contributed by atoms with E-state index in [1.165, 1.54) is 0 Å². The van der Waals surface area contributed by atoms with E-state index in [1.807, 2.05) is 60.7 Å². The van der Waals surface area contributed by atoms with Gasteiger partial charge in [0.1, 0.15) is 11.4 Å². The predicted molar refractivity (Wildman–Crippen MR) is 83.4 cm³/mol. The number of halogens is 1. The molecule has 92 valence electrons. The Labute approximate surface area is 124 Å². The van der Waals surface area contributed by atoms with Crippen molar-refractivity contribution in [1.29, 1.82) is 0 Å². The van der Waals surface area contributed by atoms with E-state index in [0.29, 0.717) is 3.83 Å². The number of hydrogen-bond acceptors (Lipinski definition) is 3. The molecule has 0 amide bonds. The molecular formula is C15H10IN3. The molecule has 0 saturated heterocycles. The molecule has 3 nitrogen and oxygen atoms in total. The van der Waals surface area contributed by atoms with Crippen LogP contribution in [0.3, 0.4) is 0 Å². The van der Waals surface area contributed by atoms with Gasteiger partial charge in [0, 0.05) is 33.7 Å². The van der Waals surface area contributed by atoms with Crippen LogP contribution in [0.1, 0.15) is 0 Å². The summed E-state index contributed by atoms with van der Waals surface area (Å²) in [6.07, 6.45) is 0. The largest absolute Gasteiger partial charge is 0.219 e. The lowest BCUT2D eigenvalue weighted by molar-refractivity contribution is 0.943. The number of hydrogen-bond donors (Lipinski definition) is 0. The maximum Gasteiger partial charge on any atom is 0.212 e. The normalized spacial score (nSPS) is 10.4. The molecule has 0 aliphatic rings. The highest BCUT2D eigenvalue weighted by molar-refractivity contribution is 14.1. The van der Waals surface area contributed by atoms with Crippen LogP contribution in [0.15, 0.2) is 60.7 Å². The zero-order chi connectivity index (χ0) is 13.1. The second-order valence-corrected chi connectivity index (χ2v) is 4.97. The van der Waals surface area contributed by atoms with Crippen molar-refractivity contribution in [2.75, 3.05) is 0 Å². The molecule has 0 fully saturated rings. The molecule has 0 bridgehead atoms. The first kappa shape index (κ1) is 12.2. The smallest absolute Gasteiger partial charge is 0.212 e. The van der Waals surface area contributed by atoms with Gasteiger partial charge in [0.25, 0.3) is 0 Å². The summed E-state index contributed by atoms with van der Waals surface area (Å²) in [4.78, 5) is 4.53. The van der Waals surface area contributed by atoms with Crippen LogP contribution in [0.4, 0.5) is 0 Å². The van der Waals surface area contributed by atoms with Crippen molar-refractivity contribution in [3.05, 3.63) is 64.5 Å². The van der Waals surface area contributed by atoms with Crippen LogP contribution in [0.5, 0.6) is 0 Å². The van der Waals surface area contributed by atoms with Crippen LogP contribution in [0.2, 0.25) is 0 Å². The molecule has 0 unspecified atom stereocenters. The Hall–Kier alpha value is -1.82. The van der Waals surface area contributed by atoms with Crippen molar-refractivity contribution < 1.29 is 0 Å². The third-order valence-electron chi connectivity index (χ3n) is 2.76. The van der Waals surface area contributed by atoms with Crippen LogP contribution >= 0.6 is 22.6 Å². The maximum absolute atomic E-state index is 4.53. The molecule has 0 aliphatic carbocycles. The van der Waals surface area contributed by atoms with Gasteiger partial charge in [0.15, 0.2) is 0 Å². The molecule has 0 radical (unpaired) electrons. The number of benzene rings is 2. The van der Waals surface area contributed by atoms with Gasteiger partial charge < -0.3 is 0 Å². The van der Waals surface area contributed by atoms with Gasteiger partial charge in [-0.05, 0) is 0 Å². The van der Waals surface area contributed by atoms with Gasteiger partial charge in [-0.25, -0.2) is 4.98 Å². The molecule has 4 heteroatoms. The summed E-state index contributed by atoms with van der Waals surface area (Å²) < 4.78 is 0.649. The molecule has 0 atom stereocenters. The molecule has 1 heterocycles. The predicted octanol–water partition coefficient (Wildman–Crippen LogP) is 3.81. The minimum Gasteiger partial charge on any atom is -0.219 e. The van der Waals surface area contributed by atoms with Crippen LogP contribution in [-0.2, 0) is 0 Å². The fourth-order valence-electron chi connectivity index (χ4n) is 1.89. The Morgan fingerprint density at radius 2 is 1.16 bits per heavy atom. The second-order valence-electron chi connectivity index (χ2n) is 4.01. The fourth-order valence-corrected chi connectivity index (χ4v) is 2.24. The first-order valence-electron chi connectivity index (χ1n) is 5.85. The molecule has 19 heavy (non-hydrogen) atoms. The number of nitrogens with zero attached hydrogens (tertiary/aromatic N) is 3. The summed E-state index contributed by atoms with van der Waals surface area (Å²) in [5.74, 6) is 0. The second kappa shape index (κ2) is 5.44. The average molecular weight is 359 g/mol. The molecule has 3 rings (SSSR count). The van der Waals surface area contributed by atoms with E-state index in [0.717, 1.165) is 22.5 Å². The van der Waals surface area contributed by atoms with Crippen LogP contribution < -0.4 is 0 Å². The van der Waals surface area contributed by atoms with E-state index >= 15 is 0 Å². The van der Waals surface area contributed by atoms with Crippen LogP contribution in [-0.4, -0.2) is 15.2 Å². The zero-order valence-corrected chi connectivity index (χ0v) is 12.2. The molecule has 0 aliphatic heterocycles. The average Bonchev–Trinajstić information content (AvgIpc) is 2.49. The summed E-state index contributed by atoms with van der Waals surface area (Å²) >= 11 is 2.08. The Kier molecular flexibility index (Phi) is 3.50. The van der Waals surface area contributed by atoms with Gasteiger partial charge >= 0.3 is 0 Å². The molecule has 0 saturated carbocycles. The zero-order valence-electron chi connectivity index (χ0n) is 9.99. The van der Waals surface area contributed by atoms with Gasteiger partial charge in [0.05, 0.1) is 0 Å². The summed E-state index contributed by atoms with van der Waals surface area (Å²) in [5, 5.41) is 8.37. The molecular weight excluding hydrogens is 349 g/mol. The first-order valence-corrected chi connectivity index (χ1v) is 6.93. The highest BCUT2D eigenvalue weighted by Crippen LogP contribution is 2.27. The van der Waals surface area contributed by atoms with Crippen molar-refractivity contribution in [3.63, 3.8) is 0 Å². The van der Waals surface area contributed by atoms with E-state index in [9.17, 15) is 0 Å². The third kappa shape index (κ3) is 2.63. The van der Waals surface area contributed by atoms with E-state index in [1.54, 1.807) is 0 Å². The Balaban J connectivity index is 2.21. The van der Waals surface area contributed by atoms with E-state index in [4.69, 9.17) is 0 Å². The first-order chi connectivity index (χ1) is 9.34. The molecule has 1 aromatic heterocycles. The quantitative estimate of drug-likeness (QED) is 0.654. The van der Waals surface area contributed by atoms with Gasteiger partial charge in [-0.1, -0.05) is 60.7 Å². The topological polar surface area (TPSA) is 38.7 Å². The minimum atomic E-state index is 0.649. The summed E-state index contributed by atoms with van der Waals surface area (Å²) in [7, 11) is 0. The third-order valence-corrected chi connectivity index (χ3v) is 3.21. The van der Waals surface area contributed by atoms with E-state index < -0.39 is 0 Å². The Bertz CT molecular complexity index is 684.